The van der Waals surface area contributed by atoms with Crippen molar-refractivity contribution in [2.24, 2.45) is 0 Å². The van der Waals surface area contributed by atoms with Crippen LogP contribution >= 0.6 is 11.3 Å². The Morgan fingerprint density at radius 2 is 2.24 bits per heavy atom. The molecule has 2 nitrogen and oxygen atoms in total. The van der Waals surface area contributed by atoms with E-state index in [1.54, 1.807) is 36.7 Å². The lowest BCUT2D eigenvalue weighted by Gasteiger charge is -2.00. The third-order valence-electron chi connectivity index (χ3n) is 2.32. The van der Waals surface area contributed by atoms with Crippen LogP contribution < -0.4 is 4.74 Å². The van der Waals surface area contributed by atoms with E-state index in [4.69, 9.17) is 4.74 Å². The Hall–Kier alpha value is -1.87. The van der Waals surface area contributed by atoms with Gasteiger partial charge in [-0.3, -0.25) is 4.79 Å². The summed E-state index contributed by atoms with van der Waals surface area (Å²) in [6.07, 6.45) is 3.40. The van der Waals surface area contributed by atoms with Crippen molar-refractivity contribution in [3.63, 3.8) is 0 Å². The number of rotatable bonds is 4. The van der Waals surface area contributed by atoms with E-state index in [2.05, 4.69) is 0 Å². The lowest BCUT2D eigenvalue weighted by Crippen LogP contribution is -1.94. The van der Waals surface area contributed by atoms with Gasteiger partial charge in [-0.25, -0.2) is 0 Å². The number of methoxy groups -OCH3 is 1. The predicted octanol–water partition coefficient (Wildman–Crippen LogP) is 3.65. The number of ether oxygens (including phenoxy) is 1. The molecule has 0 amide bonds. The van der Waals surface area contributed by atoms with Crippen LogP contribution in [-0.2, 0) is 0 Å². The van der Waals surface area contributed by atoms with E-state index in [0.29, 0.717) is 11.3 Å². The highest BCUT2D eigenvalue weighted by Crippen LogP contribution is 2.14. The molecule has 17 heavy (non-hydrogen) atoms. The highest BCUT2D eigenvalue weighted by molar-refractivity contribution is 7.08. The van der Waals surface area contributed by atoms with Gasteiger partial charge in [0.25, 0.3) is 0 Å². The SMILES string of the molecule is COc1cccc(C(=O)C=Cc2ccsc2)c1. The molecule has 0 aliphatic carbocycles. The maximum Gasteiger partial charge on any atom is 0.185 e. The van der Waals surface area contributed by atoms with E-state index >= 15 is 0 Å². The van der Waals surface area contributed by atoms with Crippen LogP contribution in [0.3, 0.4) is 0 Å². The highest BCUT2D eigenvalue weighted by atomic mass is 32.1. The summed E-state index contributed by atoms with van der Waals surface area (Å²) in [5.74, 6) is 0.676. The van der Waals surface area contributed by atoms with Crippen molar-refractivity contribution < 1.29 is 9.53 Å². The first-order valence-electron chi connectivity index (χ1n) is 5.18. The highest BCUT2D eigenvalue weighted by Gasteiger charge is 2.02. The first kappa shape index (κ1) is 11.6. The Morgan fingerprint density at radius 3 is 2.94 bits per heavy atom. The van der Waals surface area contributed by atoms with Gasteiger partial charge in [0.1, 0.15) is 5.75 Å². The Morgan fingerprint density at radius 1 is 1.35 bits per heavy atom. The van der Waals surface area contributed by atoms with Gasteiger partial charge >= 0.3 is 0 Å². The van der Waals surface area contributed by atoms with Crippen LogP contribution in [0.1, 0.15) is 15.9 Å². The van der Waals surface area contributed by atoms with Gasteiger partial charge in [-0.15, -0.1) is 0 Å². The first-order chi connectivity index (χ1) is 8.29. The number of hydrogen-bond acceptors (Lipinski definition) is 3. The Balaban J connectivity index is 2.14. The molecule has 0 N–H and O–H groups in total. The zero-order valence-corrected chi connectivity index (χ0v) is 10.2. The fourth-order valence-corrected chi connectivity index (χ4v) is 2.04. The van der Waals surface area contributed by atoms with Crippen LogP contribution in [0, 0.1) is 0 Å². The van der Waals surface area contributed by atoms with Gasteiger partial charge in [0.2, 0.25) is 0 Å². The smallest absolute Gasteiger partial charge is 0.185 e. The molecule has 1 aromatic carbocycles. The number of thiophene rings is 1. The molecular formula is C14H12O2S. The van der Waals surface area contributed by atoms with E-state index in [-0.39, 0.29) is 5.78 Å². The monoisotopic (exact) mass is 244 g/mol. The van der Waals surface area contributed by atoms with Crippen molar-refractivity contribution in [1.82, 2.24) is 0 Å². The van der Waals surface area contributed by atoms with Gasteiger partial charge < -0.3 is 4.74 Å². The third-order valence-corrected chi connectivity index (χ3v) is 3.03. The first-order valence-corrected chi connectivity index (χ1v) is 6.12. The zero-order chi connectivity index (χ0) is 12.1. The summed E-state index contributed by atoms with van der Waals surface area (Å²) >= 11 is 1.61. The zero-order valence-electron chi connectivity index (χ0n) is 9.42. The normalized spacial score (nSPS) is 10.6. The van der Waals surface area contributed by atoms with Crippen LogP contribution in [-0.4, -0.2) is 12.9 Å². The molecule has 0 fully saturated rings. The molecule has 0 saturated heterocycles. The van der Waals surface area contributed by atoms with E-state index in [1.807, 2.05) is 35.0 Å². The second-order valence-corrected chi connectivity index (χ2v) is 4.27. The van der Waals surface area contributed by atoms with E-state index in [0.717, 1.165) is 5.56 Å². The molecule has 1 heterocycles. The van der Waals surface area contributed by atoms with E-state index in [9.17, 15) is 4.79 Å². The number of carbonyl (C=O) groups excluding carboxylic acids is 1. The summed E-state index contributed by atoms with van der Waals surface area (Å²) in [4.78, 5) is 11.9. The van der Waals surface area contributed by atoms with Crippen molar-refractivity contribution in [2.45, 2.75) is 0 Å². The lowest BCUT2D eigenvalue weighted by atomic mass is 10.1. The van der Waals surface area contributed by atoms with Gasteiger partial charge in [-0.1, -0.05) is 18.2 Å². The number of hydrogen-bond donors (Lipinski definition) is 0. The van der Waals surface area contributed by atoms with E-state index < -0.39 is 0 Å². The van der Waals surface area contributed by atoms with Crippen LogP contribution in [0.4, 0.5) is 0 Å². The van der Waals surface area contributed by atoms with Crippen LogP contribution in [0.25, 0.3) is 6.08 Å². The van der Waals surface area contributed by atoms with Crippen LogP contribution in [0.2, 0.25) is 0 Å². The van der Waals surface area contributed by atoms with Gasteiger partial charge in [0.15, 0.2) is 5.78 Å². The molecule has 0 atom stereocenters. The summed E-state index contributed by atoms with van der Waals surface area (Å²) < 4.78 is 5.08. The Labute approximate surface area is 104 Å². The second-order valence-electron chi connectivity index (χ2n) is 3.49. The maximum atomic E-state index is 11.9. The molecule has 0 aliphatic rings. The minimum Gasteiger partial charge on any atom is -0.497 e. The average molecular weight is 244 g/mol. The topological polar surface area (TPSA) is 26.3 Å². The van der Waals surface area contributed by atoms with Crippen LogP contribution in [0.15, 0.2) is 47.2 Å². The summed E-state index contributed by atoms with van der Waals surface area (Å²) in [7, 11) is 1.59. The Kier molecular flexibility index (Phi) is 3.73. The van der Waals surface area contributed by atoms with Crippen LogP contribution in [0.5, 0.6) is 5.75 Å². The molecule has 0 spiro atoms. The third kappa shape index (κ3) is 3.04. The summed E-state index contributed by atoms with van der Waals surface area (Å²) in [6, 6.07) is 9.12. The van der Waals surface area contributed by atoms with Crippen molar-refractivity contribution in [3.8, 4) is 5.75 Å². The minimum atomic E-state index is -0.0184. The minimum absolute atomic E-state index is 0.0184. The predicted molar refractivity (Wildman–Crippen MR) is 70.7 cm³/mol. The molecule has 3 heteroatoms. The van der Waals surface area contributed by atoms with Crippen molar-refractivity contribution in [1.29, 1.82) is 0 Å². The van der Waals surface area contributed by atoms with Crippen molar-refractivity contribution in [2.75, 3.05) is 7.11 Å². The number of ketones is 1. The van der Waals surface area contributed by atoms with Gasteiger partial charge in [0, 0.05) is 5.56 Å². The molecular weight excluding hydrogens is 232 g/mol. The summed E-state index contributed by atoms with van der Waals surface area (Å²) in [5, 5.41) is 3.98. The molecule has 1 aromatic heterocycles. The average Bonchev–Trinajstić information content (AvgIpc) is 2.89. The van der Waals surface area contributed by atoms with Gasteiger partial charge in [0.05, 0.1) is 7.11 Å². The Bertz CT molecular complexity index is 527. The number of carbonyl (C=O) groups is 1. The summed E-state index contributed by atoms with van der Waals surface area (Å²) in [5.41, 5.74) is 1.68. The van der Waals surface area contributed by atoms with Gasteiger partial charge in [-0.2, -0.15) is 11.3 Å². The fraction of sp³-hybridized carbons (Fsp3) is 0.0714. The lowest BCUT2D eigenvalue weighted by molar-refractivity contribution is 0.104. The molecule has 0 saturated carbocycles. The maximum absolute atomic E-state index is 11.9. The molecule has 0 aliphatic heterocycles. The standard InChI is InChI=1S/C14H12O2S/c1-16-13-4-2-3-12(9-13)14(15)6-5-11-7-8-17-10-11/h2-10H,1H3. The van der Waals surface area contributed by atoms with E-state index in [1.165, 1.54) is 0 Å². The largest absolute Gasteiger partial charge is 0.497 e. The summed E-state index contributed by atoms with van der Waals surface area (Å²) in [6.45, 7) is 0. The number of benzene rings is 1. The second kappa shape index (κ2) is 5.46. The van der Waals surface area contributed by atoms with Gasteiger partial charge in [-0.05, 0) is 40.6 Å². The number of allylic oxidation sites excluding steroid dienone is 1. The molecule has 0 bridgehead atoms. The molecule has 2 aromatic rings. The quantitative estimate of drug-likeness (QED) is 0.606. The van der Waals surface area contributed by atoms with Crippen molar-refractivity contribution >= 4 is 23.2 Å². The fourth-order valence-electron chi connectivity index (χ4n) is 1.41. The molecule has 86 valence electrons. The molecule has 0 radical (unpaired) electrons. The molecule has 2 rings (SSSR count). The van der Waals surface area contributed by atoms with Crippen molar-refractivity contribution in [3.05, 3.63) is 58.3 Å². The molecule has 0 unspecified atom stereocenters.